The summed E-state index contributed by atoms with van der Waals surface area (Å²) in [6.07, 6.45) is 0. The Labute approximate surface area is 67.2 Å². The van der Waals surface area contributed by atoms with Gasteiger partial charge in [-0.25, -0.2) is 0 Å². The monoisotopic (exact) mass is 199 g/mol. The Morgan fingerprint density at radius 2 is 2.20 bits per heavy atom. The van der Waals surface area contributed by atoms with Gasteiger partial charge in [-0.1, -0.05) is 0 Å². The van der Waals surface area contributed by atoms with Gasteiger partial charge in [0.05, 0.1) is 0 Å². The predicted octanol–water partition coefficient (Wildman–Crippen LogP) is 0.423. The second-order valence-electron chi connectivity index (χ2n) is 2.44. The second kappa shape index (κ2) is 2.30. The third kappa shape index (κ3) is 0.845. The molecule has 10 heavy (non-hydrogen) atoms. The number of hydrogen-bond acceptors (Lipinski definition) is 1. The summed E-state index contributed by atoms with van der Waals surface area (Å²) in [6, 6.07) is 8.67. The van der Waals surface area contributed by atoms with E-state index in [2.05, 4.69) is 36.2 Å². The molecular weight excluding hydrogens is 189 g/mol. The summed E-state index contributed by atoms with van der Waals surface area (Å²) in [5.41, 5.74) is 2.68. The van der Waals surface area contributed by atoms with E-state index in [0.717, 1.165) is 0 Å². The third-order valence-corrected chi connectivity index (χ3v) is 4.15. The molecule has 0 saturated carbocycles. The van der Waals surface area contributed by atoms with Gasteiger partial charge >= 0.3 is 66.8 Å². The molecule has 0 atom stereocenters. The second-order valence-corrected chi connectivity index (χ2v) is 4.51. The number of rotatable bonds is 0. The standard InChI is InChI=1S/C8H9NSe/c1-9-6-10-8-5-3-2-4-7(8)9/h2-5H,6H2,1H3. The first-order valence-corrected chi connectivity index (χ1v) is 5.38. The Kier molecular flexibility index (Phi) is 1.44. The van der Waals surface area contributed by atoms with Gasteiger partial charge in [-0.15, -0.1) is 0 Å². The maximum absolute atomic E-state index is 2.33. The van der Waals surface area contributed by atoms with E-state index in [0.29, 0.717) is 15.0 Å². The summed E-state index contributed by atoms with van der Waals surface area (Å²) in [6.45, 7) is 0. The Morgan fingerprint density at radius 1 is 1.40 bits per heavy atom. The molecule has 1 aromatic carbocycles. The minimum absolute atomic E-state index is 0.700. The molecule has 1 heterocycles. The average Bonchev–Trinajstić information content (AvgIpc) is 2.34. The zero-order chi connectivity index (χ0) is 6.97. The molecule has 1 aliphatic rings. The molecule has 1 nitrogen and oxygen atoms in total. The molecule has 0 spiro atoms. The number of fused-ring (bicyclic) bond motifs is 1. The molecule has 2 rings (SSSR count). The fourth-order valence-corrected chi connectivity index (χ4v) is 3.27. The predicted molar refractivity (Wildman–Crippen MR) is 45.1 cm³/mol. The van der Waals surface area contributed by atoms with E-state index in [4.69, 9.17) is 0 Å². The molecule has 0 amide bonds. The Hall–Kier alpha value is -0.461. The van der Waals surface area contributed by atoms with Crippen LogP contribution >= 0.6 is 0 Å². The van der Waals surface area contributed by atoms with Gasteiger partial charge in [0.1, 0.15) is 0 Å². The van der Waals surface area contributed by atoms with Crippen LogP contribution in [0.15, 0.2) is 24.3 Å². The van der Waals surface area contributed by atoms with E-state index in [-0.39, 0.29) is 0 Å². The molecule has 1 aromatic rings. The first kappa shape index (κ1) is 6.26. The van der Waals surface area contributed by atoms with Gasteiger partial charge in [-0.2, -0.15) is 0 Å². The van der Waals surface area contributed by atoms with E-state index < -0.39 is 0 Å². The molecule has 0 radical (unpaired) electrons. The fourth-order valence-electron chi connectivity index (χ4n) is 1.13. The average molecular weight is 198 g/mol. The normalized spacial score (nSPS) is 15.5. The van der Waals surface area contributed by atoms with Crippen molar-refractivity contribution in [2.75, 3.05) is 17.4 Å². The Bertz CT molecular complexity index is 247. The van der Waals surface area contributed by atoms with Crippen LogP contribution in [0, 0.1) is 0 Å². The van der Waals surface area contributed by atoms with Gasteiger partial charge < -0.3 is 0 Å². The molecule has 0 aromatic heterocycles. The van der Waals surface area contributed by atoms with Crippen molar-refractivity contribution < 1.29 is 0 Å². The molecule has 0 aliphatic carbocycles. The van der Waals surface area contributed by atoms with Gasteiger partial charge in [-0.3, -0.25) is 0 Å². The number of para-hydroxylation sites is 1. The Balaban J connectivity index is 2.51. The van der Waals surface area contributed by atoms with Crippen LogP contribution in [-0.4, -0.2) is 27.4 Å². The summed E-state index contributed by atoms with van der Waals surface area (Å²) in [7, 11) is 2.16. The molecule has 1 aliphatic heterocycles. The Morgan fingerprint density at radius 3 is 3.00 bits per heavy atom. The van der Waals surface area contributed by atoms with E-state index >= 15 is 0 Å². The van der Waals surface area contributed by atoms with Crippen LogP contribution in [0.3, 0.4) is 0 Å². The number of hydrogen-bond donors (Lipinski definition) is 0. The van der Waals surface area contributed by atoms with Gasteiger partial charge in [0.15, 0.2) is 0 Å². The van der Waals surface area contributed by atoms with Crippen molar-refractivity contribution in [2.45, 2.75) is 0 Å². The van der Waals surface area contributed by atoms with Crippen molar-refractivity contribution in [2.24, 2.45) is 0 Å². The summed E-state index contributed by atoms with van der Waals surface area (Å²) < 4.78 is 1.55. The van der Waals surface area contributed by atoms with E-state index in [1.54, 1.807) is 4.46 Å². The molecule has 0 saturated heterocycles. The van der Waals surface area contributed by atoms with Crippen molar-refractivity contribution in [1.29, 1.82) is 0 Å². The van der Waals surface area contributed by atoms with Crippen LogP contribution < -0.4 is 9.36 Å². The molecule has 0 fully saturated rings. The number of anilines is 1. The first-order valence-electron chi connectivity index (χ1n) is 3.31. The zero-order valence-electron chi connectivity index (χ0n) is 5.87. The van der Waals surface area contributed by atoms with Gasteiger partial charge in [0, 0.05) is 0 Å². The van der Waals surface area contributed by atoms with E-state index in [9.17, 15) is 0 Å². The first-order chi connectivity index (χ1) is 4.88. The topological polar surface area (TPSA) is 3.24 Å². The van der Waals surface area contributed by atoms with Crippen LogP contribution in [0.4, 0.5) is 5.69 Å². The summed E-state index contributed by atoms with van der Waals surface area (Å²) in [5, 5.41) is 0. The summed E-state index contributed by atoms with van der Waals surface area (Å²) >= 11 is 0.700. The van der Waals surface area contributed by atoms with Crippen molar-refractivity contribution in [3.8, 4) is 0 Å². The molecule has 2 heteroatoms. The van der Waals surface area contributed by atoms with Crippen LogP contribution in [0.1, 0.15) is 0 Å². The van der Waals surface area contributed by atoms with Crippen LogP contribution in [0.2, 0.25) is 0 Å². The molecule has 0 bridgehead atoms. The molecule has 52 valence electrons. The van der Waals surface area contributed by atoms with Crippen molar-refractivity contribution in [3.05, 3.63) is 24.3 Å². The molecular formula is C8H9NSe. The fraction of sp³-hybridized carbons (Fsp3) is 0.250. The maximum atomic E-state index is 2.33. The number of nitrogens with zero attached hydrogens (tertiary/aromatic N) is 1. The van der Waals surface area contributed by atoms with Gasteiger partial charge in [-0.05, 0) is 0 Å². The van der Waals surface area contributed by atoms with Crippen LogP contribution in [0.5, 0.6) is 0 Å². The van der Waals surface area contributed by atoms with Gasteiger partial charge in [0.25, 0.3) is 0 Å². The number of benzene rings is 1. The quantitative estimate of drug-likeness (QED) is 0.546. The van der Waals surface area contributed by atoms with Gasteiger partial charge in [0.2, 0.25) is 0 Å². The molecule has 0 N–H and O–H groups in total. The third-order valence-electron chi connectivity index (χ3n) is 1.69. The van der Waals surface area contributed by atoms with Crippen LogP contribution in [-0.2, 0) is 0 Å². The summed E-state index contributed by atoms with van der Waals surface area (Å²) in [4.78, 5) is 2.33. The minimum atomic E-state index is 0.700. The summed E-state index contributed by atoms with van der Waals surface area (Å²) in [5.74, 6) is 0. The zero-order valence-corrected chi connectivity index (χ0v) is 7.59. The SMILES string of the molecule is CN1C[Se]c2ccccc21. The van der Waals surface area contributed by atoms with E-state index in [1.807, 2.05) is 0 Å². The van der Waals surface area contributed by atoms with E-state index in [1.165, 1.54) is 11.1 Å². The van der Waals surface area contributed by atoms with Crippen molar-refractivity contribution in [1.82, 2.24) is 0 Å². The van der Waals surface area contributed by atoms with Crippen molar-refractivity contribution in [3.63, 3.8) is 0 Å². The molecule has 0 unspecified atom stereocenters. The van der Waals surface area contributed by atoms with Crippen molar-refractivity contribution >= 4 is 25.1 Å². The van der Waals surface area contributed by atoms with Crippen LogP contribution in [0.25, 0.3) is 0 Å².